The Morgan fingerprint density at radius 2 is 1.96 bits per heavy atom. The summed E-state index contributed by atoms with van der Waals surface area (Å²) in [6.45, 7) is 6.85. The number of carbonyl (C=O) groups excluding carboxylic acids is 2. The molecule has 0 bridgehead atoms. The van der Waals surface area contributed by atoms with Gasteiger partial charge in [0.1, 0.15) is 11.6 Å². The predicted octanol–water partition coefficient (Wildman–Crippen LogP) is 2.00. The highest BCUT2D eigenvalue weighted by molar-refractivity contribution is 7.99. The summed E-state index contributed by atoms with van der Waals surface area (Å²) in [4.78, 5) is 35.4. The van der Waals surface area contributed by atoms with Gasteiger partial charge in [-0.25, -0.2) is 4.79 Å². The summed E-state index contributed by atoms with van der Waals surface area (Å²) in [6, 6.07) is -0.944. The lowest BCUT2D eigenvalue weighted by atomic mass is 9.67. The molecule has 27 heavy (non-hydrogen) atoms. The number of carbonyl (C=O) groups is 3. The third-order valence-electron chi connectivity index (χ3n) is 6.08. The maximum Gasteiger partial charge on any atom is 0.327 e. The lowest BCUT2D eigenvalue weighted by Crippen LogP contribution is -2.49. The van der Waals surface area contributed by atoms with E-state index in [4.69, 9.17) is 0 Å². The van der Waals surface area contributed by atoms with Crippen LogP contribution in [0.1, 0.15) is 40.5 Å². The highest BCUT2D eigenvalue weighted by Gasteiger charge is 2.64. The molecule has 2 atom stereocenters. The van der Waals surface area contributed by atoms with Crippen LogP contribution >= 0.6 is 11.8 Å². The zero-order valence-electron chi connectivity index (χ0n) is 16.0. The summed E-state index contributed by atoms with van der Waals surface area (Å²) in [5.74, 6) is -0.874. The molecule has 0 aromatic heterocycles. The summed E-state index contributed by atoms with van der Waals surface area (Å²) in [5, 5.41) is 22.5. The fourth-order valence-electron chi connectivity index (χ4n) is 4.30. The van der Waals surface area contributed by atoms with Crippen molar-refractivity contribution in [3.63, 3.8) is 0 Å². The molecule has 7 heteroatoms. The number of Topliss-reactive ketones (excluding diaryl/α,β-unsaturated/α-hetero) is 1. The van der Waals surface area contributed by atoms with Crippen LogP contribution in [0.15, 0.2) is 33.9 Å². The molecule has 1 amide bonds. The van der Waals surface area contributed by atoms with Gasteiger partial charge in [0.15, 0.2) is 5.78 Å². The van der Waals surface area contributed by atoms with Crippen LogP contribution in [0.4, 0.5) is 0 Å². The van der Waals surface area contributed by atoms with Crippen molar-refractivity contribution in [3.8, 4) is 0 Å². The monoisotopic (exact) mass is 391 g/mol. The van der Waals surface area contributed by atoms with E-state index in [1.54, 1.807) is 6.92 Å². The number of fused-ring (bicyclic) bond motifs is 1. The Morgan fingerprint density at radius 3 is 2.48 bits per heavy atom. The third kappa shape index (κ3) is 3.06. The van der Waals surface area contributed by atoms with Crippen molar-refractivity contribution >= 4 is 29.4 Å². The SMILES string of the molecule is CC(=O)N[C@H](CSCC1=C(C)C=C2C(=O)[C@](C)(O)C3(CC3)C(C)=C21)C(=O)O. The van der Waals surface area contributed by atoms with E-state index in [-0.39, 0.29) is 17.4 Å². The van der Waals surface area contributed by atoms with Crippen molar-refractivity contribution in [1.29, 1.82) is 0 Å². The number of thioether (sulfide) groups is 1. The quantitative estimate of drug-likeness (QED) is 0.640. The second kappa shape index (κ2) is 6.63. The number of ketones is 1. The number of aliphatic carboxylic acids is 1. The van der Waals surface area contributed by atoms with E-state index in [1.165, 1.54) is 18.7 Å². The number of hydrogen-bond donors (Lipinski definition) is 3. The van der Waals surface area contributed by atoms with Crippen molar-refractivity contribution in [3.05, 3.63) is 33.9 Å². The molecule has 6 nitrogen and oxygen atoms in total. The van der Waals surface area contributed by atoms with Crippen molar-refractivity contribution in [2.45, 2.75) is 52.2 Å². The lowest BCUT2D eigenvalue weighted by Gasteiger charge is -2.39. The lowest BCUT2D eigenvalue weighted by molar-refractivity contribution is -0.140. The van der Waals surface area contributed by atoms with Crippen LogP contribution in [0.3, 0.4) is 0 Å². The van der Waals surface area contributed by atoms with Crippen molar-refractivity contribution < 1.29 is 24.6 Å². The molecule has 146 valence electrons. The molecule has 3 rings (SSSR count). The van der Waals surface area contributed by atoms with Gasteiger partial charge in [-0.05, 0) is 56.4 Å². The van der Waals surface area contributed by atoms with E-state index in [2.05, 4.69) is 5.32 Å². The first-order valence-electron chi connectivity index (χ1n) is 9.01. The fourth-order valence-corrected chi connectivity index (χ4v) is 5.45. The smallest absolute Gasteiger partial charge is 0.327 e. The van der Waals surface area contributed by atoms with E-state index in [0.29, 0.717) is 11.3 Å². The molecule has 0 saturated heterocycles. The van der Waals surface area contributed by atoms with Crippen LogP contribution in [0.25, 0.3) is 0 Å². The van der Waals surface area contributed by atoms with Gasteiger partial charge < -0.3 is 15.5 Å². The molecule has 0 aromatic rings. The van der Waals surface area contributed by atoms with E-state index in [9.17, 15) is 24.6 Å². The summed E-state index contributed by atoms with van der Waals surface area (Å²) in [7, 11) is 0. The Labute approximate surface area is 162 Å². The molecule has 1 spiro atoms. The Hall–Kier alpha value is -1.86. The predicted molar refractivity (Wildman–Crippen MR) is 103 cm³/mol. The highest BCUT2D eigenvalue weighted by atomic mass is 32.2. The molecular formula is C20H25NO5S. The first-order valence-corrected chi connectivity index (χ1v) is 10.2. The van der Waals surface area contributed by atoms with E-state index in [0.717, 1.165) is 35.1 Å². The molecule has 3 aliphatic carbocycles. The first-order chi connectivity index (χ1) is 12.5. The van der Waals surface area contributed by atoms with E-state index >= 15 is 0 Å². The fraction of sp³-hybridized carbons (Fsp3) is 0.550. The second-order valence-corrected chi connectivity index (χ2v) is 8.84. The Bertz CT molecular complexity index is 829. The molecule has 3 N–H and O–H groups in total. The largest absolute Gasteiger partial charge is 0.480 e. The Balaban J connectivity index is 1.81. The average Bonchev–Trinajstić information content (AvgIpc) is 3.32. The topological polar surface area (TPSA) is 104 Å². The minimum absolute atomic E-state index is 0.221. The summed E-state index contributed by atoms with van der Waals surface area (Å²) in [5.41, 5.74) is 2.73. The maximum absolute atomic E-state index is 12.9. The molecule has 0 aliphatic heterocycles. The number of hydrogen-bond acceptors (Lipinski definition) is 5. The van der Waals surface area contributed by atoms with Gasteiger partial charge in [-0.1, -0.05) is 5.57 Å². The molecule has 0 radical (unpaired) electrons. The van der Waals surface area contributed by atoms with Gasteiger partial charge in [0.25, 0.3) is 0 Å². The van der Waals surface area contributed by atoms with Gasteiger partial charge in [-0.2, -0.15) is 11.8 Å². The highest BCUT2D eigenvalue weighted by Crippen LogP contribution is 2.65. The number of nitrogens with one attached hydrogen (secondary N) is 1. The van der Waals surface area contributed by atoms with Crippen LogP contribution in [0, 0.1) is 5.41 Å². The Kier molecular flexibility index (Phi) is 4.89. The molecule has 0 unspecified atom stereocenters. The molecule has 0 heterocycles. The normalized spacial score (nSPS) is 26.9. The Morgan fingerprint density at radius 1 is 1.33 bits per heavy atom. The van der Waals surface area contributed by atoms with Crippen LogP contribution in [0.5, 0.6) is 0 Å². The minimum Gasteiger partial charge on any atom is -0.480 e. The van der Waals surface area contributed by atoms with Crippen molar-refractivity contribution in [1.82, 2.24) is 5.32 Å². The molecular weight excluding hydrogens is 366 g/mol. The van der Waals surface area contributed by atoms with Crippen molar-refractivity contribution in [2.75, 3.05) is 11.5 Å². The zero-order chi connectivity index (χ0) is 20.1. The number of amides is 1. The van der Waals surface area contributed by atoms with Crippen LogP contribution < -0.4 is 5.32 Å². The van der Waals surface area contributed by atoms with Gasteiger partial charge in [0.05, 0.1) is 0 Å². The minimum atomic E-state index is -1.37. The van der Waals surface area contributed by atoms with Crippen LogP contribution in [-0.4, -0.2) is 51.0 Å². The number of carboxylic acids is 1. The third-order valence-corrected chi connectivity index (χ3v) is 7.14. The van der Waals surface area contributed by atoms with Gasteiger partial charge in [-0.15, -0.1) is 0 Å². The summed E-state index contributed by atoms with van der Waals surface area (Å²) < 4.78 is 0. The average molecular weight is 391 g/mol. The number of carboxylic acid groups (broad SMARTS) is 1. The van der Waals surface area contributed by atoms with Gasteiger partial charge >= 0.3 is 5.97 Å². The summed E-state index contributed by atoms with van der Waals surface area (Å²) in [6.07, 6.45) is 3.44. The van der Waals surface area contributed by atoms with Gasteiger partial charge in [0, 0.05) is 29.4 Å². The first kappa shape index (κ1) is 19.9. The summed E-state index contributed by atoms with van der Waals surface area (Å²) >= 11 is 1.42. The number of rotatable bonds is 6. The van der Waals surface area contributed by atoms with Gasteiger partial charge in [-0.3, -0.25) is 9.59 Å². The van der Waals surface area contributed by atoms with Crippen LogP contribution in [-0.2, 0) is 14.4 Å². The van der Waals surface area contributed by atoms with E-state index < -0.39 is 23.0 Å². The van der Waals surface area contributed by atoms with E-state index in [1.807, 2.05) is 19.9 Å². The molecule has 1 fully saturated rings. The standard InChI is InChI=1S/C20H25NO5S/c1-10-7-13-16(11(2)20(5-6-20)19(4,26)17(13)23)14(10)8-27-9-15(18(24)25)21-12(3)22/h7,15,26H,5-6,8-9H2,1-4H3,(H,21,22)(H,24,25)/t15-,19+/m1/s1. The molecule has 3 aliphatic rings. The maximum atomic E-state index is 12.9. The zero-order valence-corrected chi connectivity index (χ0v) is 16.8. The number of allylic oxidation sites excluding steroid dienone is 3. The molecule has 0 aromatic carbocycles. The number of aliphatic hydroxyl groups is 1. The van der Waals surface area contributed by atoms with Gasteiger partial charge in [0.2, 0.25) is 5.91 Å². The molecule has 1 saturated carbocycles. The van der Waals surface area contributed by atoms with Crippen molar-refractivity contribution in [2.24, 2.45) is 5.41 Å². The van der Waals surface area contributed by atoms with Crippen LogP contribution in [0.2, 0.25) is 0 Å². The second-order valence-electron chi connectivity index (χ2n) is 7.81.